The number of primary sulfonamides is 1. The number of carbonyl (C=O) groups excluding carboxylic acids is 1. The van der Waals surface area contributed by atoms with Gasteiger partial charge in [0.15, 0.2) is 0 Å². The fourth-order valence-electron chi connectivity index (χ4n) is 3.85. The Bertz CT molecular complexity index is 830. The van der Waals surface area contributed by atoms with E-state index >= 15 is 0 Å². The third-order valence-corrected chi connectivity index (χ3v) is 6.84. The lowest BCUT2D eigenvalue weighted by molar-refractivity contribution is -0.137. The number of unbranched alkanes of at least 4 members (excludes halogenated alkanes) is 2. The number of benzene rings is 1. The van der Waals surface area contributed by atoms with Crippen LogP contribution in [0.25, 0.3) is 0 Å². The van der Waals surface area contributed by atoms with Crippen LogP contribution < -0.4 is 10.0 Å². The first-order chi connectivity index (χ1) is 13.5. The van der Waals surface area contributed by atoms with Gasteiger partial charge in [-0.25, -0.2) is 13.6 Å². The highest BCUT2D eigenvalue weighted by molar-refractivity contribution is 7.89. The zero-order valence-corrected chi connectivity index (χ0v) is 17.8. The maximum atomic E-state index is 13.7. The molecule has 0 heterocycles. The van der Waals surface area contributed by atoms with Crippen LogP contribution in [-0.2, 0) is 21.0 Å². The maximum Gasteiger partial charge on any atom is 0.418 e. The number of alkyl halides is 3. The Hall–Kier alpha value is -1.32. The van der Waals surface area contributed by atoms with Crippen molar-refractivity contribution in [2.45, 2.75) is 75.8 Å². The van der Waals surface area contributed by atoms with Gasteiger partial charge in [0.2, 0.25) is 15.9 Å². The summed E-state index contributed by atoms with van der Waals surface area (Å²) < 4.78 is 65.4. The predicted molar refractivity (Wildman–Crippen MR) is 107 cm³/mol. The largest absolute Gasteiger partial charge is 0.418 e. The van der Waals surface area contributed by atoms with Gasteiger partial charge < -0.3 is 4.90 Å². The van der Waals surface area contributed by atoms with E-state index in [1.807, 2.05) is 6.92 Å². The number of rotatable bonds is 7. The van der Waals surface area contributed by atoms with E-state index in [1.54, 1.807) is 0 Å². The van der Waals surface area contributed by atoms with Crippen LogP contribution in [0.15, 0.2) is 18.2 Å². The van der Waals surface area contributed by atoms with Crippen molar-refractivity contribution in [3.8, 4) is 0 Å². The van der Waals surface area contributed by atoms with Crippen molar-refractivity contribution >= 4 is 33.2 Å². The third kappa shape index (κ3) is 6.08. The van der Waals surface area contributed by atoms with Crippen LogP contribution in [0, 0.1) is 0 Å². The van der Waals surface area contributed by atoms with Gasteiger partial charge in [0.05, 0.1) is 22.5 Å². The molecule has 10 heteroatoms. The van der Waals surface area contributed by atoms with Gasteiger partial charge in [-0.2, -0.15) is 13.2 Å². The van der Waals surface area contributed by atoms with E-state index in [0.717, 1.165) is 29.9 Å². The van der Waals surface area contributed by atoms with E-state index < -0.39 is 39.0 Å². The van der Waals surface area contributed by atoms with Crippen molar-refractivity contribution in [2.75, 3.05) is 4.90 Å². The van der Waals surface area contributed by atoms with E-state index in [1.165, 1.54) is 6.07 Å². The van der Waals surface area contributed by atoms with E-state index in [-0.39, 0.29) is 30.0 Å². The van der Waals surface area contributed by atoms with Crippen molar-refractivity contribution in [1.82, 2.24) is 0 Å². The van der Waals surface area contributed by atoms with Gasteiger partial charge in [-0.3, -0.25) is 4.79 Å². The molecular formula is C19H26ClF3N2O3S. The van der Waals surface area contributed by atoms with E-state index in [9.17, 15) is 26.4 Å². The molecule has 0 radical (unpaired) electrons. The summed E-state index contributed by atoms with van der Waals surface area (Å²) >= 11 is 5.78. The van der Waals surface area contributed by atoms with E-state index in [4.69, 9.17) is 16.7 Å². The number of anilines is 1. The molecule has 1 aliphatic rings. The number of sulfonamides is 1. The molecule has 5 nitrogen and oxygen atoms in total. The van der Waals surface area contributed by atoms with E-state index in [2.05, 4.69) is 0 Å². The van der Waals surface area contributed by atoms with Crippen LogP contribution in [0.1, 0.15) is 63.9 Å². The Labute approximate surface area is 174 Å². The standard InChI is InChI=1S/C19H26ClF3N2O3S/c1-2-3-4-9-18(26)25(16-7-5-6-8-17(16)29(24,27)28)15-11-10-13(20)12-14(15)19(21,22)23/h10-12,16-17H,2-9H2,1H3,(H2,24,27,28). The van der Waals surface area contributed by atoms with Crippen LogP contribution in [0.3, 0.4) is 0 Å². The molecular weight excluding hydrogens is 429 g/mol. The summed E-state index contributed by atoms with van der Waals surface area (Å²) in [6.07, 6.45) is -0.978. The van der Waals surface area contributed by atoms with Crippen molar-refractivity contribution in [3.05, 3.63) is 28.8 Å². The minimum atomic E-state index is -4.76. The predicted octanol–water partition coefficient (Wildman–Crippen LogP) is 4.87. The van der Waals surface area contributed by atoms with Gasteiger partial charge in [0.25, 0.3) is 0 Å². The van der Waals surface area contributed by atoms with Gasteiger partial charge in [0.1, 0.15) is 0 Å². The van der Waals surface area contributed by atoms with Gasteiger partial charge in [0, 0.05) is 11.4 Å². The maximum absolute atomic E-state index is 13.7. The van der Waals surface area contributed by atoms with Crippen LogP contribution >= 0.6 is 11.6 Å². The Morgan fingerprint density at radius 2 is 1.90 bits per heavy atom. The smallest absolute Gasteiger partial charge is 0.307 e. The Kier molecular flexibility index (Phi) is 7.98. The molecule has 2 rings (SSSR count). The fraction of sp³-hybridized carbons (Fsp3) is 0.632. The molecule has 0 aromatic heterocycles. The summed E-state index contributed by atoms with van der Waals surface area (Å²) in [5, 5.41) is 4.15. The van der Waals surface area contributed by atoms with Gasteiger partial charge in [-0.15, -0.1) is 0 Å². The molecule has 0 bridgehead atoms. The molecule has 1 fully saturated rings. The summed E-state index contributed by atoms with van der Waals surface area (Å²) in [7, 11) is -4.04. The number of hydrogen-bond acceptors (Lipinski definition) is 3. The van der Waals surface area contributed by atoms with Crippen LogP contribution in [0.4, 0.5) is 18.9 Å². The lowest BCUT2D eigenvalue weighted by Gasteiger charge is -2.40. The topological polar surface area (TPSA) is 80.5 Å². The molecule has 29 heavy (non-hydrogen) atoms. The van der Waals surface area contributed by atoms with Crippen molar-refractivity contribution < 1.29 is 26.4 Å². The average Bonchev–Trinajstić information content (AvgIpc) is 2.62. The fourth-order valence-corrected chi connectivity index (χ4v) is 5.21. The highest BCUT2D eigenvalue weighted by Gasteiger charge is 2.43. The van der Waals surface area contributed by atoms with Gasteiger partial charge in [-0.05, 0) is 37.5 Å². The normalized spacial score (nSPS) is 20.5. The second-order valence-corrected chi connectivity index (χ2v) is 9.58. The Morgan fingerprint density at radius 1 is 1.24 bits per heavy atom. The van der Waals surface area contributed by atoms with Crippen molar-refractivity contribution in [2.24, 2.45) is 5.14 Å². The molecule has 0 saturated heterocycles. The minimum Gasteiger partial charge on any atom is -0.307 e. The molecule has 2 N–H and O–H groups in total. The van der Waals surface area contributed by atoms with E-state index in [0.29, 0.717) is 19.3 Å². The number of carbonyl (C=O) groups is 1. The third-order valence-electron chi connectivity index (χ3n) is 5.21. The average molecular weight is 455 g/mol. The molecule has 2 atom stereocenters. The monoisotopic (exact) mass is 454 g/mol. The molecule has 0 aliphatic heterocycles. The van der Waals surface area contributed by atoms with Gasteiger partial charge >= 0.3 is 6.18 Å². The number of amides is 1. The van der Waals surface area contributed by atoms with Crippen LogP contribution in [-0.4, -0.2) is 25.6 Å². The molecule has 2 unspecified atom stereocenters. The highest BCUT2D eigenvalue weighted by Crippen LogP contribution is 2.41. The van der Waals surface area contributed by atoms with Crippen molar-refractivity contribution in [1.29, 1.82) is 0 Å². The minimum absolute atomic E-state index is 0.0294. The Morgan fingerprint density at radius 3 is 2.48 bits per heavy atom. The number of nitrogens with two attached hydrogens (primary N) is 1. The second kappa shape index (κ2) is 9.66. The van der Waals surface area contributed by atoms with Gasteiger partial charge in [-0.1, -0.05) is 44.2 Å². The van der Waals surface area contributed by atoms with Crippen molar-refractivity contribution in [3.63, 3.8) is 0 Å². The lowest BCUT2D eigenvalue weighted by atomic mass is 9.92. The Balaban J connectivity index is 2.58. The summed E-state index contributed by atoms with van der Waals surface area (Å²) in [6.45, 7) is 1.95. The first-order valence-electron chi connectivity index (χ1n) is 9.67. The molecule has 0 spiro atoms. The molecule has 164 valence electrons. The summed E-state index contributed by atoms with van der Waals surface area (Å²) in [5.41, 5.74) is -1.43. The first-order valence-corrected chi connectivity index (χ1v) is 11.7. The summed E-state index contributed by atoms with van der Waals surface area (Å²) in [6, 6.07) is 2.22. The quantitative estimate of drug-likeness (QED) is 0.596. The molecule has 1 aromatic rings. The zero-order chi connectivity index (χ0) is 21.8. The van der Waals surface area contributed by atoms with Crippen LogP contribution in [0.5, 0.6) is 0 Å². The molecule has 1 saturated carbocycles. The second-order valence-electron chi connectivity index (χ2n) is 7.36. The first kappa shape index (κ1) is 24.0. The van der Waals surface area contributed by atoms with Crippen LogP contribution in [0.2, 0.25) is 5.02 Å². The number of hydrogen-bond donors (Lipinski definition) is 1. The lowest BCUT2D eigenvalue weighted by Crippen LogP contribution is -2.53. The summed E-state index contributed by atoms with van der Waals surface area (Å²) in [5.74, 6) is -0.535. The number of nitrogens with zero attached hydrogens (tertiary/aromatic N) is 1. The zero-order valence-electron chi connectivity index (χ0n) is 16.2. The molecule has 1 aromatic carbocycles. The number of halogens is 4. The SMILES string of the molecule is CCCCCC(=O)N(c1ccc(Cl)cc1C(F)(F)F)C1CCCCC1S(N)(=O)=O. The highest BCUT2D eigenvalue weighted by atomic mass is 35.5. The molecule has 1 amide bonds. The molecule has 1 aliphatic carbocycles. The summed E-state index contributed by atoms with van der Waals surface area (Å²) in [4.78, 5) is 14.1.